The van der Waals surface area contributed by atoms with E-state index in [-0.39, 0.29) is 12.1 Å². The van der Waals surface area contributed by atoms with Crippen LogP contribution in [-0.4, -0.2) is 28.2 Å². The van der Waals surface area contributed by atoms with Gasteiger partial charge in [-0.05, 0) is 35.4 Å². The maximum atomic E-state index is 11.4. The summed E-state index contributed by atoms with van der Waals surface area (Å²) in [6, 6.07) is 31.1. The van der Waals surface area contributed by atoms with Crippen molar-refractivity contribution in [2.75, 3.05) is 0 Å². The van der Waals surface area contributed by atoms with E-state index in [4.69, 9.17) is 5.73 Å². The summed E-state index contributed by atoms with van der Waals surface area (Å²) in [6.45, 7) is 5.84. The van der Waals surface area contributed by atoms with Gasteiger partial charge in [-0.25, -0.2) is 0 Å². The van der Waals surface area contributed by atoms with Crippen LogP contribution in [-0.2, 0) is 19.5 Å². The molecule has 0 amide bonds. The van der Waals surface area contributed by atoms with Crippen LogP contribution in [0.15, 0.2) is 91.0 Å². The number of benzene rings is 3. The lowest BCUT2D eigenvalue weighted by Crippen LogP contribution is -2.52. The normalized spacial score (nSPS) is 14.5. The third kappa shape index (κ3) is 7.32. The Labute approximate surface area is 187 Å². The van der Waals surface area contributed by atoms with Gasteiger partial charge in [-0.1, -0.05) is 105 Å². The molecule has 0 heterocycles. The van der Waals surface area contributed by atoms with E-state index in [1.165, 1.54) is 16.7 Å². The van der Waals surface area contributed by atoms with Crippen molar-refractivity contribution in [1.29, 1.82) is 0 Å². The molecule has 3 heteroatoms. The first-order valence-corrected chi connectivity index (χ1v) is 11.3. The summed E-state index contributed by atoms with van der Waals surface area (Å²) in [5.41, 5.74) is 10.2. The maximum Gasteiger partial charge on any atom is 0.0849 e. The molecule has 31 heavy (non-hydrogen) atoms. The molecule has 0 aliphatic carbocycles. The Balaban J connectivity index is 1.93. The third-order valence-electron chi connectivity index (χ3n) is 5.79. The molecule has 164 valence electrons. The second-order valence-electron chi connectivity index (χ2n) is 8.92. The van der Waals surface area contributed by atoms with Gasteiger partial charge in [0.15, 0.2) is 0 Å². The predicted molar refractivity (Wildman–Crippen MR) is 130 cm³/mol. The summed E-state index contributed by atoms with van der Waals surface area (Å²) in [5, 5.41) is 11.4. The molecule has 0 saturated heterocycles. The van der Waals surface area contributed by atoms with E-state index >= 15 is 0 Å². The minimum Gasteiger partial charge on any atom is -0.390 e. The van der Waals surface area contributed by atoms with E-state index in [1.54, 1.807) is 0 Å². The number of nitrogens with two attached hydrogens (primary N) is 1. The van der Waals surface area contributed by atoms with E-state index in [2.05, 4.69) is 91.5 Å². The van der Waals surface area contributed by atoms with Crippen LogP contribution in [0.2, 0.25) is 0 Å². The summed E-state index contributed by atoms with van der Waals surface area (Å²) in [6.07, 6.45) is 0.944. The molecule has 0 bridgehead atoms. The van der Waals surface area contributed by atoms with E-state index in [0.717, 1.165) is 25.9 Å². The van der Waals surface area contributed by atoms with Crippen molar-refractivity contribution in [2.45, 2.75) is 58.0 Å². The molecule has 0 aliphatic rings. The lowest BCUT2D eigenvalue weighted by molar-refractivity contribution is 0.0193. The summed E-state index contributed by atoms with van der Waals surface area (Å²) in [5.74, 6) is 0.443. The second-order valence-corrected chi connectivity index (χ2v) is 8.92. The first-order chi connectivity index (χ1) is 15.0. The Morgan fingerprint density at radius 3 is 1.55 bits per heavy atom. The standard InChI is InChI=1S/C28H36N2O/c1-22(2)18-26(29)28(31)27(19-23-12-6-3-7-13-23)30(20-24-14-8-4-9-15-24)21-25-16-10-5-11-17-25/h3-17,22,26-28,31H,18-21,29H2,1-2H3/t26?,27-,28-/m0/s1. The largest absolute Gasteiger partial charge is 0.390 e. The van der Waals surface area contributed by atoms with E-state index in [0.29, 0.717) is 5.92 Å². The number of aliphatic hydroxyl groups is 1. The Morgan fingerprint density at radius 2 is 1.13 bits per heavy atom. The van der Waals surface area contributed by atoms with Gasteiger partial charge in [-0.15, -0.1) is 0 Å². The first-order valence-electron chi connectivity index (χ1n) is 11.3. The Bertz CT molecular complexity index is 826. The van der Waals surface area contributed by atoms with Gasteiger partial charge in [-0.3, -0.25) is 4.90 Å². The lowest BCUT2D eigenvalue weighted by Gasteiger charge is -2.38. The number of nitrogens with zero attached hydrogens (tertiary/aromatic N) is 1. The molecule has 0 saturated carbocycles. The molecular formula is C28H36N2O. The quantitative estimate of drug-likeness (QED) is 0.461. The maximum absolute atomic E-state index is 11.4. The molecule has 1 unspecified atom stereocenters. The average molecular weight is 417 g/mol. The monoisotopic (exact) mass is 416 g/mol. The molecule has 0 radical (unpaired) electrons. The molecule has 0 aliphatic heterocycles. The lowest BCUT2D eigenvalue weighted by atomic mass is 9.90. The van der Waals surface area contributed by atoms with Crippen molar-refractivity contribution in [3.63, 3.8) is 0 Å². The smallest absolute Gasteiger partial charge is 0.0849 e. The van der Waals surface area contributed by atoms with Crippen LogP contribution in [0.25, 0.3) is 0 Å². The van der Waals surface area contributed by atoms with Gasteiger partial charge in [0.1, 0.15) is 0 Å². The number of hydrogen-bond acceptors (Lipinski definition) is 3. The summed E-state index contributed by atoms with van der Waals surface area (Å²) in [7, 11) is 0. The van der Waals surface area contributed by atoms with Crippen molar-refractivity contribution in [3.05, 3.63) is 108 Å². The molecule has 3 N–H and O–H groups in total. The van der Waals surface area contributed by atoms with Crippen LogP contribution in [0.1, 0.15) is 37.0 Å². The fraction of sp³-hybridized carbons (Fsp3) is 0.357. The molecule has 3 aromatic rings. The van der Waals surface area contributed by atoms with Gasteiger partial charge in [0.25, 0.3) is 0 Å². The SMILES string of the molecule is CC(C)CC(N)[C@H](O)[C@H](Cc1ccccc1)N(Cc1ccccc1)Cc1ccccc1. The zero-order valence-corrected chi connectivity index (χ0v) is 18.8. The molecule has 3 rings (SSSR count). The third-order valence-corrected chi connectivity index (χ3v) is 5.79. The van der Waals surface area contributed by atoms with Crippen molar-refractivity contribution < 1.29 is 5.11 Å². The van der Waals surface area contributed by atoms with Crippen LogP contribution in [0.5, 0.6) is 0 Å². The van der Waals surface area contributed by atoms with Crippen molar-refractivity contribution >= 4 is 0 Å². The Morgan fingerprint density at radius 1 is 0.710 bits per heavy atom. The minimum atomic E-state index is -0.616. The summed E-state index contributed by atoms with van der Waals surface area (Å²) < 4.78 is 0. The molecular weight excluding hydrogens is 380 g/mol. The summed E-state index contributed by atoms with van der Waals surface area (Å²) >= 11 is 0. The van der Waals surface area contributed by atoms with Gasteiger partial charge in [0.2, 0.25) is 0 Å². The second kappa shape index (κ2) is 11.8. The summed E-state index contributed by atoms with van der Waals surface area (Å²) in [4.78, 5) is 2.39. The Hall–Kier alpha value is -2.46. The number of aliphatic hydroxyl groups excluding tert-OH is 1. The van der Waals surface area contributed by atoms with Gasteiger partial charge >= 0.3 is 0 Å². The highest BCUT2D eigenvalue weighted by Crippen LogP contribution is 2.22. The highest BCUT2D eigenvalue weighted by molar-refractivity contribution is 5.20. The molecule has 0 aromatic heterocycles. The van der Waals surface area contributed by atoms with Crippen LogP contribution < -0.4 is 5.73 Å². The molecule has 0 fully saturated rings. The van der Waals surface area contributed by atoms with Crippen molar-refractivity contribution in [3.8, 4) is 0 Å². The average Bonchev–Trinajstić information content (AvgIpc) is 2.78. The van der Waals surface area contributed by atoms with Gasteiger partial charge < -0.3 is 10.8 Å². The Kier molecular flexibility index (Phi) is 8.84. The topological polar surface area (TPSA) is 49.5 Å². The molecule has 3 aromatic carbocycles. The van der Waals surface area contributed by atoms with Gasteiger partial charge in [0, 0.05) is 25.2 Å². The van der Waals surface area contributed by atoms with Crippen LogP contribution >= 0.6 is 0 Å². The number of hydrogen-bond donors (Lipinski definition) is 2. The van der Waals surface area contributed by atoms with Crippen LogP contribution in [0.3, 0.4) is 0 Å². The zero-order chi connectivity index (χ0) is 22.1. The zero-order valence-electron chi connectivity index (χ0n) is 18.8. The highest BCUT2D eigenvalue weighted by atomic mass is 16.3. The molecule has 3 nitrogen and oxygen atoms in total. The fourth-order valence-corrected chi connectivity index (χ4v) is 4.22. The predicted octanol–water partition coefficient (Wildman–Crippen LogP) is 5.03. The van der Waals surface area contributed by atoms with E-state index in [1.807, 2.05) is 18.2 Å². The van der Waals surface area contributed by atoms with Crippen LogP contribution in [0.4, 0.5) is 0 Å². The highest BCUT2D eigenvalue weighted by Gasteiger charge is 2.31. The van der Waals surface area contributed by atoms with Crippen molar-refractivity contribution in [1.82, 2.24) is 4.90 Å². The van der Waals surface area contributed by atoms with E-state index in [9.17, 15) is 5.11 Å². The number of rotatable bonds is 11. The van der Waals surface area contributed by atoms with Gasteiger partial charge in [0.05, 0.1) is 6.10 Å². The molecule has 3 atom stereocenters. The van der Waals surface area contributed by atoms with Crippen molar-refractivity contribution in [2.24, 2.45) is 11.7 Å². The first kappa shape index (κ1) is 23.2. The molecule has 0 spiro atoms. The minimum absolute atomic E-state index is 0.0865. The van der Waals surface area contributed by atoms with Crippen LogP contribution in [0, 0.1) is 5.92 Å². The van der Waals surface area contributed by atoms with E-state index < -0.39 is 6.10 Å². The van der Waals surface area contributed by atoms with Gasteiger partial charge in [-0.2, -0.15) is 0 Å². The fourth-order valence-electron chi connectivity index (χ4n) is 4.22.